The van der Waals surface area contributed by atoms with Gasteiger partial charge in [0.15, 0.2) is 0 Å². The number of fused-ring (bicyclic) bond motifs is 1. The highest BCUT2D eigenvalue weighted by Gasteiger charge is 2.25. The highest BCUT2D eigenvalue weighted by molar-refractivity contribution is 5.41. The molecule has 0 amide bonds. The van der Waals surface area contributed by atoms with Crippen molar-refractivity contribution in [2.45, 2.75) is 32.4 Å². The quantitative estimate of drug-likeness (QED) is 0.841. The molecule has 0 spiro atoms. The van der Waals surface area contributed by atoms with Gasteiger partial charge < -0.3 is 9.64 Å². The molecule has 4 rings (SSSR count). The lowest BCUT2D eigenvalue weighted by molar-refractivity contribution is 0.108. The highest BCUT2D eigenvalue weighted by atomic mass is 16.5. The minimum Gasteiger partial charge on any atom is -0.375 e. The largest absolute Gasteiger partial charge is 0.375 e. The molecule has 0 aromatic carbocycles. The fourth-order valence-electron chi connectivity index (χ4n) is 3.03. The summed E-state index contributed by atoms with van der Waals surface area (Å²) in [5.74, 6) is 1.73. The van der Waals surface area contributed by atoms with Gasteiger partial charge in [0.1, 0.15) is 5.82 Å². The Labute approximate surface area is 130 Å². The SMILES string of the molecule is Cn1nc(COCC2CC2)c2c1CN(c1cnccn1)CC2. The van der Waals surface area contributed by atoms with Gasteiger partial charge in [0.25, 0.3) is 0 Å². The third kappa shape index (κ3) is 2.70. The number of ether oxygens (including phenoxy) is 1. The molecule has 116 valence electrons. The predicted molar refractivity (Wildman–Crippen MR) is 82.4 cm³/mol. The van der Waals surface area contributed by atoms with E-state index in [0.29, 0.717) is 6.61 Å². The molecule has 22 heavy (non-hydrogen) atoms. The molecular weight excluding hydrogens is 278 g/mol. The van der Waals surface area contributed by atoms with Crippen molar-refractivity contribution < 1.29 is 4.74 Å². The van der Waals surface area contributed by atoms with E-state index >= 15 is 0 Å². The molecule has 0 atom stereocenters. The molecule has 3 heterocycles. The van der Waals surface area contributed by atoms with Crippen LogP contribution in [0.1, 0.15) is 29.8 Å². The fraction of sp³-hybridized carbons (Fsp3) is 0.562. The smallest absolute Gasteiger partial charge is 0.147 e. The highest BCUT2D eigenvalue weighted by Crippen LogP contribution is 2.30. The van der Waals surface area contributed by atoms with Crippen molar-refractivity contribution in [2.75, 3.05) is 18.1 Å². The molecule has 0 N–H and O–H groups in total. The molecule has 1 fully saturated rings. The van der Waals surface area contributed by atoms with E-state index in [4.69, 9.17) is 4.74 Å². The maximum atomic E-state index is 5.82. The molecule has 2 aromatic heterocycles. The third-order valence-electron chi connectivity index (χ3n) is 4.49. The van der Waals surface area contributed by atoms with E-state index in [1.165, 1.54) is 24.1 Å². The lowest BCUT2D eigenvalue weighted by Gasteiger charge is -2.28. The van der Waals surface area contributed by atoms with Crippen LogP contribution in [0.4, 0.5) is 5.82 Å². The van der Waals surface area contributed by atoms with E-state index in [1.807, 2.05) is 17.9 Å². The zero-order chi connectivity index (χ0) is 14.9. The van der Waals surface area contributed by atoms with Crippen LogP contribution in [0.15, 0.2) is 18.6 Å². The van der Waals surface area contributed by atoms with Crippen molar-refractivity contribution >= 4 is 5.82 Å². The average molecular weight is 299 g/mol. The Balaban J connectivity index is 1.48. The first-order chi connectivity index (χ1) is 10.8. The number of hydrogen-bond acceptors (Lipinski definition) is 5. The molecule has 0 radical (unpaired) electrons. The summed E-state index contributed by atoms with van der Waals surface area (Å²) < 4.78 is 7.82. The number of aromatic nitrogens is 4. The number of nitrogens with zero attached hydrogens (tertiary/aromatic N) is 5. The van der Waals surface area contributed by atoms with Gasteiger partial charge in [-0.15, -0.1) is 0 Å². The lowest BCUT2D eigenvalue weighted by Crippen LogP contribution is -2.32. The van der Waals surface area contributed by atoms with Crippen LogP contribution in [0.25, 0.3) is 0 Å². The second kappa shape index (κ2) is 5.68. The minimum absolute atomic E-state index is 0.644. The summed E-state index contributed by atoms with van der Waals surface area (Å²) in [5.41, 5.74) is 3.73. The molecule has 6 heteroatoms. The summed E-state index contributed by atoms with van der Waals surface area (Å²) in [6, 6.07) is 0. The van der Waals surface area contributed by atoms with Crippen molar-refractivity contribution in [3.8, 4) is 0 Å². The number of hydrogen-bond donors (Lipinski definition) is 0. The Morgan fingerprint density at radius 3 is 3.00 bits per heavy atom. The second-order valence-corrected chi connectivity index (χ2v) is 6.19. The topological polar surface area (TPSA) is 56.1 Å². The summed E-state index contributed by atoms with van der Waals surface area (Å²) >= 11 is 0. The molecule has 1 aliphatic carbocycles. The van der Waals surface area contributed by atoms with Gasteiger partial charge in [-0.05, 0) is 25.2 Å². The third-order valence-corrected chi connectivity index (χ3v) is 4.49. The Bertz CT molecular complexity index is 650. The Morgan fingerprint density at radius 1 is 1.32 bits per heavy atom. The number of rotatable bonds is 5. The molecule has 6 nitrogen and oxygen atoms in total. The van der Waals surface area contributed by atoms with Crippen LogP contribution in [0.3, 0.4) is 0 Å². The summed E-state index contributed by atoms with van der Waals surface area (Å²) in [5, 5.41) is 4.67. The van der Waals surface area contributed by atoms with Crippen LogP contribution in [0, 0.1) is 5.92 Å². The van der Waals surface area contributed by atoms with Crippen molar-refractivity contribution in [3.63, 3.8) is 0 Å². The van der Waals surface area contributed by atoms with Crippen LogP contribution in [-0.4, -0.2) is 32.9 Å². The van der Waals surface area contributed by atoms with Crippen molar-refractivity contribution in [2.24, 2.45) is 13.0 Å². The van der Waals surface area contributed by atoms with E-state index in [0.717, 1.165) is 43.5 Å². The van der Waals surface area contributed by atoms with Crippen LogP contribution < -0.4 is 4.90 Å². The zero-order valence-corrected chi connectivity index (χ0v) is 12.9. The van der Waals surface area contributed by atoms with Crippen LogP contribution >= 0.6 is 0 Å². The van der Waals surface area contributed by atoms with Crippen molar-refractivity contribution in [3.05, 3.63) is 35.5 Å². The molecular formula is C16H21N5O. The Kier molecular flexibility index (Phi) is 3.54. The Morgan fingerprint density at radius 2 is 2.23 bits per heavy atom. The zero-order valence-electron chi connectivity index (χ0n) is 12.9. The molecule has 0 unspecified atom stereocenters. The first-order valence-corrected chi connectivity index (χ1v) is 7.93. The summed E-state index contributed by atoms with van der Waals surface area (Å²) in [7, 11) is 2.02. The van der Waals surface area contributed by atoms with Gasteiger partial charge in [0, 0.05) is 38.2 Å². The summed E-state index contributed by atoms with van der Waals surface area (Å²) in [6.07, 6.45) is 8.91. The van der Waals surface area contributed by atoms with Crippen molar-refractivity contribution in [1.29, 1.82) is 0 Å². The number of anilines is 1. The van der Waals surface area contributed by atoms with Gasteiger partial charge in [-0.1, -0.05) is 0 Å². The van der Waals surface area contributed by atoms with E-state index in [9.17, 15) is 0 Å². The second-order valence-electron chi connectivity index (χ2n) is 6.19. The molecule has 2 aliphatic rings. The van der Waals surface area contributed by atoms with Crippen LogP contribution in [-0.2, 0) is 31.4 Å². The fourth-order valence-corrected chi connectivity index (χ4v) is 3.03. The van der Waals surface area contributed by atoms with Crippen LogP contribution in [0.2, 0.25) is 0 Å². The summed E-state index contributed by atoms with van der Waals surface area (Å²) in [6.45, 7) is 3.31. The van der Waals surface area contributed by atoms with Gasteiger partial charge >= 0.3 is 0 Å². The van der Waals surface area contributed by atoms with Gasteiger partial charge in [-0.3, -0.25) is 9.67 Å². The van der Waals surface area contributed by atoms with Crippen LogP contribution in [0.5, 0.6) is 0 Å². The van der Waals surface area contributed by atoms with Gasteiger partial charge in [0.2, 0.25) is 0 Å². The maximum absolute atomic E-state index is 5.82. The molecule has 1 saturated carbocycles. The van der Waals surface area contributed by atoms with E-state index in [2.05, 4.69) is 20.0 Å². The standard InChI is InChI=1S/C16H21N5O/c1-20-15-9-21(16-8-17-5-6-18-16)7-4-13(15)14(19-20)11-22-10-12-2-3-12/h5-6,8,12H,2-4,7,9-11H2,1H3. The first kappa shape index (κ1) is 13.7. The normalized spacial score (nSPS) is 17.6. The van der Waals surface area contributed by atoms with Crippen molar-refractivity contribution in [1.82, 2.24) is 19.7 Å². The Hall–Kier alpha value is -1.95. The van der Waals surface area contributed by atoms with E-state index in [1.54, 1.807) is 12.4 Å². The molecule has 1 aliphatic heterocycles. The van der Waals surface area contributed by atoms with E-state index in [-0.39, 0.29) is 0 Å². The van der Waals surface area contributed by atoms with E-state index < -0.39 is 0 Å². The first-order valence-electron chi connectivity index (χ1n) is 7.93. The average Bonchev–Trinajstić information content (AvgIpc) is 3.33. The minimum atomic E-state index is 0.644. The predicted octanol–water partition coefficient (Wildman–Crippen LogP) is 1.70. The molecule has 0 saturated heterocycles. The van der Waals surface area contributed by atoms with Gasteiger partial charge in [-0.25, -0.2) is 4.98 Å². The number of aryl methyl sites for hydroxylation is 1. The molecule has 2 aromatic rings. The molecule has 0 bridgehead atoms. The lowest BCUT2D eigenvalue weighted by atomic mass is 10.0. The monoisotopic (exact) mass is 299 g/mol. The maximum Gasteiger partial charge on any atom is 0.147 e. The van der Waals surface area contributed by atoms with Gasteiger partial charge in [-0.2, -0.15) is 5.10 Å². The summed E-state index contributed by atoms with van der Waals surface area (Å²) in [4.78, 5) is 10.8. The van der Waals surface area contributed by atoms with Gasteiger partial charge in [0.05, 0.1) is 30.7 Å².